The van der Waals surface area contributed by atoms with Gasteiger partial charge in [0.1, 0.15) is 29.6 Å². The molecule has 10 heteroatoms. The Morgan fingerprint density at radius 1 is 0.759 bits per heavy atom. The summed E-state index contributed by atoms with van der Waals surface area (Å²) in [6.45, 7) is 2.41. The lowest BCUT2D eigenvalue weighted by Gasteiger charge is -2.23. The van der Waals surface area contributed by atoms with E-state index in [1.807, 2.05) is 79.7 Å². The number of carbonyl (C=O) groups excluding carboxylic acids is 2. The van der Waals surface area contributed by atoms with Gasteiger partial charge in [-0.25, -0.2) is 0 Å². The first-order valence-electron chi connectivity index (χ1n) is 17.3. The van der Waals surface area contributed by atoms with E-state index >= 15 is 0 Å². The zero-order chi connectivity index (χ0) is 37.0. The first-order valence-corrected chi connectivity index (χ1v) is 19.1. The highest BCUT2D eigenvalue weighted by atomic mass is 32.2. The quantitative estimate of drug-likeness (QED) is 0.0459. The molecule has 266 valence electrons. The number of benzene rings is 6. The molecule has 1 amide bonds. The van der Waals surface area contributed by atoms with Crippen molar-refractivity contribution in [3.8, 4) is 17.2 Å². The fourth-order valence-electron chi connectivity index (χ4n) is 6.43. The maximum Gasteiger partial charge on any atom is 0.301 e. The zero-order valence-electron chi connectivity index (χ0n) is 29.1. The van der Waals surface area contributed by atoms with Gasteiger partial charge in [-0.1, -0.05) is 120 Å². The lowest BCUT2D eigenvalue weighted by Crippen LogP contribution is -2.29. The number of thioether (sulfide) groups is 1. The standard InChI is InChI=1S/C44H33N3O5S2/c1-28-11-5-6-13-32(28)26-51-34-23-21-30(22-24-34)40(48)38-39(31-15-10-19-36(25-31)52-35-17-3-2-4-18-35)47(42(50)41(38)49)43-45-46-44(54-43)53-27-33-16-9-14-29-12-7-8-20-37(29)33/h2-25,39,48H,26-27H2,1H3. The maximum absolute atomic E-state index is 14.0. The van der Waals surface area contributed by atoms with Crippen molar-refractivity contribution < 1.29 is 24.2 Å². The van der Waals surface area contributed by atoms with Gasteiger partial charge in [-0.3, -0.25) is 14.5 Å². The highest BCUT2D eigenvalue weighted by Gasteiger charge is 2.48. The van der Waals surface area contributed by atoms with Crippen LogP contribution in [0.25, 0.3) is 16.5 Å². The molecule has 54 heavy (non-hydrogen) atoms. The smallest absolute Gasteiger partial charge is 0.301 e. The number of ketones is 1. The number of hydrogen-bond acceptors (Lipinski definition) is 9. The SMILES string of the molecule is Cc1ccccc1COc1ccc(C(O)=C2C(=O)C(=O)N(c3nnc(SCc4cccc5ccccc45)s3)C2c2cccc(Oc3ccccc3)c2)cc1. The number of aryl methyl sites for hydroxylation is 1. The Balaban J connectivity index is 1.12. The van der Waals surface area contributed by atoms with E-state index in [2.05, 4.69) is 34.5 Å². The number of amides is 1. The molecular weight excluding hydrogens is 715 g/mol. The second-order valence-electron chi connectivity index (χ2n) is 12.7. The number of aliphatic hydroxyl groups excluding tert-OH is 1. The van der Waals surface area contributed by atoms with Crippen LogP contribution in [0.4, 0.5) is 5.13 Å². The Morgan fingerprint density at radius 3 is 2.30 bits per heavy atom. The fraction of sp³-hybridized carbons (Fsp3) is 0.0909. The van der Waals surface area contributed by atoms with Crippen molar-refractivity contribution in [2.75, 3.05) is 4.90 Å². The van der Waals surface area contributed by atoms with Crippen molar-refractivity contribution >= 4 is 56.5 Å². The number of ether oxygens (including phenoxy) is 2. The van der Waals surface area contributed by atoms with E-state index in [0.717, 1.165) is 27.5 Å². The van der Waals surface area contributed by atoms with Crippen molar-refractivity contribution in [1.82, 2.24) is 10.2 Å². The minimum atomic E-state index is -1.01. The molecule has 0 radical (unpaired) electrons. The number of nitrogens with zero attached hydrogens (tertiary/aromatic N) is 3. The maximum atomic E-state index is 14.0. The number of fused-ring (bicyclic) bond motifs is 1. The molecule has 2 heterocycles. The summed E-state index contributed by atoms with van der Waals surface area (Å²) >= 11 is 2.73. The van der Waals surface area contributed by atoms with Gasteiger partial charge in [-0.05, 0) is 88.5 Å². The third-order valence-corrected chi connectivity index (χ3v) is 11.3. The van der Waals surface area contributed by atoms with E-state index in [9.17, 15) is 14.7 Å². The molecule has 1 aliphatic rings. The molecular formula is C44H33N3O5S2. The van der Waals surface area contributed by atoms with Gasteiger partial charge in [0, 0.05) is 11.3 Å². The van der Waals surface area contributed by atoms with Crippen molar-refractivity contribution in [1.29, 1.82) is 0 Å². The molecule has 1 atom stereocenters. The molecule has 1 saturated heterocycles. The Labute approximate surface area is 320 Å². The summed E-state index contributed by atoms with van der Waals surface area (Å²) in [5.41, 5.74) is 4.20. The Hall–Kier alpha value is -6.23. The van der Waals surface area contributed by atoms with Crippen LogP contribution in [0.15, 0.2) is 156 Å². The van der Waals surface area contributed by atoms with Crippen LogP contribution in [-0.2, 0) is 21.9 Å². The van der Waals surface area contributed by atoms with Crippen LogP contribution in [-0.4, -0.2) is 27.0 Å². The van der Waals surface area contributed by atoms with Crippen LogP contribution in [0.2, 0.25) is 0 Å². The summed E-state index contributed by atoms with van der Waals surface area (Å²) in [4.78, 5) is 29.2. The Morgan fingerprint density at radius 2 is 1.46 bits per heavy atom. The molecule has 6 aromatic carbocycles. The fourth-order valence-corrected chi connectivity index (χ4v) is 8.30. The van der Waals surface area contributed by atoms with E-state index in [0.29, 0.717) is 45.1 Å². The molecule has 8 nitrogen and oxygen atoms in total. The van der Waals surface area contributed by atoms with Crippen LogP contribution in [0.3, 0.4) is 0 Å². The number of para-hydroxylation sites is 1. The highest BCUT2D eigenvalue weighted by molar-refractivity contribution is 8.00. The van der Waals surface area contributed by atoms with Crippen molar-refractivity contribution in [2.45, 2.75) is 29.7 Å². The average molecular weight is 748 g/mol. The van der Waals surface area contributed by atoms with Gasteiger partial charge < -0.3 is 14.6 Å². The van der Waals surface area contributed by atoms with E-state index in [1.54, 1.807) is 48.5 Å². The molecule has 1 N–H and O–H groups in total. The summed E-state index contributed by atoms with van der Waals surface area (Å²) in [5, 5.41) is 23.2. The molecule has 0 spiro atoms. The van der Waals surface area contributed by atoms with Crippen molar-refractivity contribution in [3.63, 3.8) is 0 Å². The summed E-state index contributed by atoms with van der Waals surface area (Å²) < 4.78 is 12.8. The number of carbonyl (C=O) groups is 2. The number of Topliss-reactive ketones (excluding diaryl/α,β-unsaturated/α-hetero) is 1. The predicted octanol–water partition coefficient (Wildman–Crippen LogP) is 10.3. The second kappa shape index (κ2) is 15.4. The number of aromatic nitrogens is 2. The third-order valence-electron chi connectivity index (χ3n) is 9.21. The van der Waals surface area contributed by atoms with Gasteiger partial charge in [-0.2, -0.15) is 0 Å². The molecule has 1 fully saturated rings. The monoisotopic (exact) mass is 747 g/mol. The lowest BCUT2D eigenvalue weighted by atomic mass is 9.95. The van der Waals surface area contributed by atoms with Crippen molar-refractivity contribution in [2.24, 2.45) is 0 Å². The molecule has 0 saturated carbocycles. The highest BCUT2D eigenvalue weighted by Crippen LogP contribution is 2.45. The second-order valence-corrected chi connectivity index (χ2v) is 14.9. The largest absolute Gasteiger partial charge is 0.507 e. The third kappa shape index (κ3) is 7.21. The van der Waals surface area contributed by atoms with E-state index in [-0.39, 0.29) is 16.5 Å². The summed E-state index contributed by atoms with van der Waals surface area (Å²) in [7, 11) is 0. The molecule has 0 aliphatic carbocycles. The number of hydrogen-bond donors (Lipinski definition) is 1. The van der Waals surface area contributed by atoms with Crippen LogP contribution in [0, 0.1) is 6.92 Å². The topological polar surface area (TPSA) is 102 Å². The van der Waals surface area contributed by atoms with E-state index in [1.165, 1.54) is 28.0 Å². The number of rotatable bonds is 11. The molecule has 1 unspecified atom stereocenters. The zero-order valence-corrected chi connectivity index (χ0v) is 30.7. The molecule has 1 aliphatic heterocycles. The molecule has 0 bridgehead atoms. The van der Waals surface area contributed by atoms with Gasteiger partial charge in [0.15, 0.2) is 4.34 Å². The summed E-state index contributed by atoms with van der Waals surface area (Å²) in [5.74, 6) is 0.425. The molecule has 8 rings (SSSR count). The predicted molar refractivity (Wildman–Crippen MR) is 213 cm³/mol. The van der Waals surface area contributed by atoms with Crippen molar-refractivity contribution in [3.05, 3.63) is 179 Å². The van der Waals surface area contributed by atoms with Gasteiger partial charge >= 0.3 is 5.91 Å². The van der Waals surface area contributed by atoms with Gasteiger partial charge in [0.25, 0.3) is 5.78 Å². The van der Waals surface area contributed by atoms with Gasteiger partial charge in [0.2, 0.25) is 5.13 Å². The Kier molecular flexibility index (Phi) is 9.93. The molecule has 7 aromatic rings. The van der Waals surface area contributed by atoms with E-state index in [4.69, 9.17) is 9.47 Å². The van der Waals surface area contributed by atoms with Gasteiger partial charge in [-0.15, -0.1) is 10.2 Å². The van der Waals surface area contributed by atoms with E-state index < -0.39 is 17.7 Å². The molecule has 1 aromatic heterocycles. The van der Waals surface area contributed by atoms with Crippen LogP contribution in [0.1, 0.15) is 33.9 Å². The lowest BCUT2D eigenvalue weighted by molar-refractivity contribution is -0.132. The van der Waals surface area contributed by atoms with Crippen LogP contribution < -0.4 is 14.4 Å². The average Bonchev–Trinajstić information content (AvgIpc) is 3.78. The normalized spacial score (nSPS) is 15.1. The van der Waals surface area contributed by atoms with Crippen LogP contribution >= 0.6 is 23.1 Å². The minimum absolute atomic E-state index is 0.0643. The minimum Gasteiger partial charge on any atom is -0.507 e. The first-order chi connectivity index (χ1) is 26.4. The first kappa shape index (κ1) is 34.8. The summed E-state index contributed by atoms with van der Waals surface area (Å²) in [6.07, 6.45) is 0. The number of anilines is 1. The number of aliphatic hydroxyl groups is 1. The van der Waals surface area contributed by atoms with Gasteiger partial charge in [0.05, 0.1) is 11.6 Å². The van der Waals surface area contributed by atoms with Crippen LogP contribution in [0.5, 0.6) is 17.2 Å². The Bertz CT molecular complexity index is 2510. The summed E-state index contributed by atoms with van der Waals surface area (Å²) in [6, 6.07) is 44.7.